The fourth-order valence-electron chi connectivity index (χ4n) is 1.38. The largest absolute Gasteiger partial charge is 0.398 e. The average molecular weight is 242 g/mol. The molecule has 0 heterocycles. The Morgan fingerprint density at radius 2 is 2.00 bits per heavy atom. The summed E-state index contributed by atoms with van der Waals surface area (Å²) < 4.78 is 24.9. The minimum atomic E-state index is -3.22. The molecule has 0 aliphatic rings. The topological polar surface area (TPSA) is 63.4 Å². The second kappa shape index (κ2) is 4.74. The lowest BCUT2D eigenvalue weighted by Gasteiger charge is -2.19. The first kappa shape index (κ1) is 12.8. The smallest absolute Gasteiger partial charge is 0.234 e. The van der Waals surface area contributed by atoms with Gasteiger partial charge in [0.2, 0.25) is 10.0 Å². The van der Waals surface area contributed by atoms with Crippen LogP contribution in [0.5, 0.6) is 0 Å². The molecule has 16 heavy (non-hydrogen) atoms. The van der Waals surface area contributed by atoms with Gasteiger partial charge in [0.1, 0.15) is 0 Å². The lowest BCUT2D eigenvalue weighted by Crippen LogP contribution is -2.28. The van der Waals surface area contributed by atoms with Crippen molar-refractivity contribution >= 4 is 21.4 Å². The van der Waals surface area contributed by atoms with Crippen LogP contribution in [-0.4, -0.2) is 21.2 Å². The Labute approximate surface area is 97.1 Å². The highest BCUT2D eigenvalue weighted by molar-refractivity contribution is 7.92. The molecule has 0 saturated carbocycles. The van der Waals surface area contributed by atoms with Gasteiger partial charge in [0.05, 0.1) is 11.4 Å². The third-order valence-electron chi connectivity index (χ3n) is 2.51. The lowest BCUT2D eigenvalue weighted by molar-refractivity contribution is 0.593. The van der Waals surface area contributed by atoms with Gasteiger partial charge in [-0.05, 0) is 31.0 Å². The number of hydrogen-bond donors (Lipinski definition) is 1. The fraction of sp³-hybridized carbons (Fsp3) is 0.455. The average Bonchev–Trinajstić information content (AvgIpc) is 2.21. The molecule has 0 unspecified atom stereocenters. The van der Waals surface area contributed by atoms with E-state index in [2.05, 4.69) is 0 Å². The van der Waals surface area contributed by atoms with Gasteiger partial charge in [0.25, 0.3) is 0 Å². The first-order valence-electron chi connectivity index (χ1n) is 5.21. The zero-order valence-corrected chi connectivity index (χ0v) is 10.7. The Morgan fingerprint density at radius 3 is 2.50 bits per heavy atom. The molecule has 0 radical (unpaired) electrons. The van der Waals surface area contributed by atoms with E-state index in [0.29, 0.717) is 17.8 Å². The Kier molecular flexibility index (Phi) is 3.80. The van der Waals surface area contributed by atoms with E-state index < -0.39 is 10.0 Å². The van der Waals surface area contributed by atoms with Crippen molar-refractivity contribution in [2.45, 2.75) is 20.3 Å². The van der Waals surface area contributed by atoms with E-state index in [1.165, 1.54) is 4.31 Å². The van der Waals surface area contributed by atoms with E-state index in [1.54, 1.807) is 19.2 Å². The molecule has 0 spiro atoms. The molecule has 90 valence electrons. The predicted octanol–water partition coefficient (Wildman–Crippen LogP) is 1.75. The molecule has 2 N–H and O–H groups in total. The molecule has 1 aromatic carbocycles. The molecule has 5 heteroatoms. The van der Waals surface area contributed by atoms with Crippen LogP contribution in [0.15, 0.2) is 18.2 Å². The summed E-state index contributed by atoms with van der Waals surface area (Å²) in [4.78, 5) is 0. The highest BCUT2D eigenvalue weighted by atomic mass is 32.2. The van der Waals surface area contributed by atoms with E-state index in [-0.39, 0.29) is 5.75 Å². The molecular weight excluding hydrogens is 224 g/mol. The highest BCUT2D eigenvalue weighted by Gasteiger charge is 2.17. The number of benzene rings is 1. The van der Waals surface area contributed by atoms with Crippen molar-refractivity contribution in [2.24, 2.45) is 0 Å². The summed E-state index contributed by atoms with van der Waals surface area (Å²) in [6.45, 7) is 3.73. The van der Waals surface area contributed by atoms with Gasteiger partial charge in [-0.2, -0.15) is 0 Å². The molecule has 4 nitrogen and oxygen atoms in total. The van der Waals surface area contributed by atoms with Crippen LogP contribution in [0.25, 0.3) is 0 Å². The van der Waals surface area contributed by atoms with Gasteiger partial charge in [0.15, 0.2) is 0 Å². The minimum absolute atomic E-state index is 0.150. The Hall–Kier alpha value is -1.23. The van der Waals surface area contributed by atoms with Crippen molar-refractivity contribution in [3.05, 3.63) is 23.8 Å². The maximum Gasteiger partial charge on any atom is 0.234 e. The van der Waals surface area contributed by atoms with Gasteiger partial charge >= 0.3 is 0 Å². The molecule has 0 fully saturated rings. The van der Waals surface area contributed by atoms with E-state index in [0.717, 1.165) is 5.56 Å². The van der Waals surface area contributed by atoms with Crippen molar-refractivity contribution < 1.29 is 8.42 Å². The number of nitrogen functional groups attached to an aromatic ring is 1. The van der Waals surface area contributed by atoms with Gasteiger partial charge in [-0.25, -0.2) is 8.42 Å². The molecule has 0 bridgehead atoms. The zero-order valence-electron chi connectivity index (χ0n) is 9.90. The van der Waals surface area contributed by atoms with E-state index >= 15 is 0 Å². The van der Waals surface area contributed by atoms with Crippen LogP contribution in [0.2, 0.25) is 0 Å². The third kappa shape index (κ3) is 2.66. The van der Waals surface area contributed by atoms with E-state index in [1.807, 2.05) is 19.9 Å². The predicted molar refractivity (Wildman–Crippen MR) is 68.1 cm³/mol. The van der Waals surface area contributed by atoms with Gasteiger partial charge in [-0.15, -0.1) is 0 Å². The minimum Gasteiger partial charge on any atom is -0.398 e. The molecule has 0 aliphatic heterocycles. The number of anilines is 2. The maximum absolute atomic E-state index is 11.8. The summed E-state index contributed by atoms with van der Waals surface area (Å²) in [5, 5.41) is 0. The second-order valence-corrected chi connectivity index (χ2v) is 5.94. The molecule has 1 aromatic rings. The number of rotatable bonds is 4. The molecular formula is C11H18N2O2S. The van der Waals surface area contributed by atoms with Crippen molar-refractivity contribution in [2.75, 3.05) is 22.8 Å². The summed E-state index contributed by atoms with van der Waals surface area (Å²) in [5.74, 6) is 0.150. The van der Waals surface area contributed by atoms with Gasteiger partial charge in [0, 0.05) is 12.7 Å². The number of aryl methyl sites for hydroxylation is 1. The van der Waals surface area contributed by atoms with Crippen molar-refractivity contribution in [3.8, 4) is 0 Å². The lowest BCUT2D eigenvalue weighted by atomic mass is 10.2. The van der Waals surface area contributed by atoms with Crippen LogP contribution in [0, 0.1) is 6.92 Å². The zero-order chi connectivity index (χ0) is 12.3. The van der Waals surface area contributed by atoms with Gasteiger partial charge in [-0.3, -0.25) is 4.31 Å². The molecule has 0 aliphatic carbocycles. The molecule has 0 aromatic heterocycles. The molecule has 0 amide bonds. The first-order chi connectivity index (χ1) is 7.38. The monoisotopic (exact) mass is 242 g/mol. The number of hydrogen-bond acceptors (Lipinski definition) is 3. The maximum atomic E-state index is 11.8. The summed E-state index contributed by atoms with van der Waals surface area (Å²) in [5.41, 5.74) is 7.92. The summed E-state index contributed by atoms with van der Waals surface area (Å²) in [6, 6.07) is 5.27. The van der Waals surface area contributed by atoms with Crippen molar-refractivity contribution in [3.63, 3.8) is 0 Å². The summed E-state index contributed by atoms with van der Waals surface area (Å²) in [6.07, 6.45) is 0.605. The van der Waals surface area contributed by atoms with Gasteiger partial charge < -0.3 is 5.73 Å². The molecule has 1 rings (SSSR count). The quantitative estimate of drug-likeness (QED) is 0.818. The fourth-order valence-corrected chi connectivity index (χ4v) is 2.60. The molecule has 0 saturated heterocycles. The number of nitrogens with two attached hydrogens (primary N) is 1. The van der Waals surface area contributed by atoms with Crippen LogP contribution in [0.3, 0.4) is 0 Å². The molecule has 0 atom stereocenters. The Morgan fingerprint density at radius 1 is 1.38 bits per heavy atom. The van der Waals surface area contributed by atoms with Crippen molar-refractivity contribution in [1.29, 1.82) is 0 Å². The standard InChI is InChI=1S/C11H18N2O2S/c1-4-7-16(14,15)13(3)10-6-5-9(2)11(12)8-10/h5-6,8H,4,7,12H2,1-3H3. The summed E-state index contributed by atoms with van der Waals surface area (Å²) >= 11 is 0. The highest BCUT2D eigenvalue weighted by Crippen LogP contribution is 2.22. The van der Waals surface area contributed by atoms with E-state index in [9.17, 15) is 8.42 Å². The number of nitrogens with zero attached hydrogens (tertiary/aromatic N) is 1. The van der Waals surface area contributed by atoms with Crippen molar-refractivity contribution in [1.82, 2.24) is 0 Å². The van der Waals surface area contributed by atoms with Gasteiger partial charge in [-0.1, -0.05) is 13.0 Å². The SMILES string of the molecule is CCCS(=O)(=O)N(C)c1ccc(C)c(N)c1. The van der Waals surface area contributed by atoms with Crippen LogP contribution < -0.4 is 10.0 Å². The normalized spacial score (nSPS) is 11.4. The first-order valence-corrected chi connectivity index (χ1v) is 6.82. The Balaban J connectivity index is 3.05. The number of sulfonamides is 1. The summed E-state index contributed by atoms with van der Waals surface area (Å²) in [7, 11) is -1.66. The third-order valence-corrected chi connectivity index (χ3v) is 4.48. The van der Waals surface area contributed by atoms with Crippen LogP contribution in [0.1, 0.15) is 18.9 Å². The van der Waals surface area contributed by atoms with Crippen LogP contribution in [0.4, 0.5) is 11.4 Å². The van der Waals surface area contributed by atoms with Crippen LogP contribution in [-0.2, 0) is 10.0 Å². The van der Waals surface area contributed by atoms with Crippen LogP contribution >= 0.6 is 0 Å². The van der Waals surface area contributed by atoms with E-state index in [4.69, 9.17) is 5.73 Å². The second-order valence-electron chi connectivity index (χ2n) is 3.82. The Bertz CT molecular complexity index is 469.